The number of carboxylic acid groups (broad SMARTS) is 1. The minimum absolute atomic E-state index is 0.0971. The van der Waals surface area contributed by atoms with Gasteiger partial charge in [-0.15, -0.1) is 11.3 Å². The summed E-state index contributed by atoms with van der Waals surface area (Å²) in [6.45, 7) is -1.71. The van der Waals surface area contributed by atoms with E-state index < -0.39 is 118 Å². The number of carbonyl (C=O) groups is 9. The lowest BCUT2D eigenvalue weighted by Crippen LogP contribution is -2.90. The van der Waals surface area contributed by atoms with Gasteiger partial charge >= 0.3 is 46.2 Å². The van der Waals surface area contributed by atoms with Crippen molar-refractivity contribution in [1.29, 1.82) is 0 Å². The number of aliphatic hydroxyl groups excluding tert-OH is 1. The van der Waals surface area contributed by atoms with E-state index >= 15 is 0 Å². The number of amides is 8. The van der Waals surface area contributed by atoms with Crippen molar-refractivity contribution in [2.24, 2.45) is 10.1 Å². The number of aromatic nitrogens is 1. The van der Waals surface area contributed by atoms with Gasteiger partial charge in [0.25, 0.3) is 5.91 Å². The number of nitrogen functional groups attached to an aromatic ring is 1. The van der Waals surface area contributed by atoms with Gasteiger partial charge in [-0.3, -0.25) is 24.2 Å². The van der Waals surface area contributed by atoms with Gasteiger partial charge in [0.05, 0.1) is 6.54 Å². The summed E-state index contributed by atoms with van der Waals surface area (Å²) in [4.78, 5) is 125. The Kier molecular flexibility index (Phi) is 12.2. The SMILES string of the molecule is CC(NC=O)OC(=O)OCC1[C@H](NC(=O)/C(=N\OCC(=O)O)c2csc(N)n2)C(=O)[N@+]1(NC(=O)C1=CC(=O)C(O)C=N1)C(=O)NS(=O)(=O)N1CCNC1=O. The van der Waals surface area contributed by atoms with Gasteiger partial charge in [0, 0.05) is 24.2 Å². The maximum absolute atomic E-state index is 14.1. The fourth-order valence-corrected chi connectivity index (χ4v) is 6.30. The number of ether oxygens (including phenoxy) is 2. The summed E-state index contributed by atoms with van der Waals surface area (Å²) in [7, 11) is -5.14. The summed E-state index contributed by atoms with van der Waals surface area (Å²) in [5, 5.41) is 29.5. The number of β-lactam (4-membered cyclic amide) rings is 1. The fraction of sp³-hybridized carbons (Fsp3) is 0.360. The maximum Gasteiger partial charge on any atom is 0.510 e. The number of carbonyl (C=O) groups excluding carboxylic acids is 8. The number of urea groups is 2. The summed E-state index contributed by atoms with van der Waals surface area (Å²) < 4.78 is 35.5. The zero-order chi connectivity index (χ0) is 40.0. The zero-order valence-electron chi connectivity index (χ0n) is 27.2. The minimum atomic E-state index is -5.14. The molecular formula is C25H28N11O16S2+. The van der Waals surface area contributed by atoms with Gasteiger partial charge in [-0.1, -0.05) is 9.75 Å². The first kappa shape index (κ1) is 40.2. The van der Waals surface area contributed by atoms with Crippen LogP contribution in [-0.4, -0.2) is 149 Å². The smallest absolute Gasteiger partial charge is 0.479 e. The number of rotatable bonds is 14. The number of hydrogen-bond donors (Lipinski definition) is 8. The number of carboxylic acids is 1. The van der Waals surface area contributed by atoms with E-state index in [4.69, 9.17) is 20.3 Å². The third kappa shape index (κ3) is 8.71. The number of nitrogens with two attached hydrogens (primary N) is 1. The Bertz CT molecular complexity index is 1980. The van der Waals surface area contributed by atoms with Crippen LogP contribution < -0.4 is 31.8 Å². The molecule has 0 saturated carbocycles. The van der Waals surface area contributed by atoms with Crippen molar-refractivity contribution in [2.75, 3.05) is 32.0 Å². The number of aliphatic carboxylic acids is 1. The Labute approximate surface area is 304 Å². The monoisotopic (exact) mass is 802 g/mol. The molecule has 0 radical (unpaired) electrons. The van der Waals surface area contributed by atoms with Crippen molar-refractivity contribution in [3.05, 3.63) is 22.8 Å². The number of nitrogens with zero attached hydrogens (tertiary/aromatic N) is 5. The number of hydrogen-bond acceptors (Lipinski definition) is 20. The molecule has 0 bridgehead atoms. The molecule has 2 fully saturated rings. The lowest BCUT2D eigenvalue weighted by atomic mass is 9.93. The topological polar surface area (TPSA) is 383 Å². The lowest BCUT2D eigenvalue weighted by molar-refractivity contribution is -0.868. The van der Waals surface area contributed by atoms with Gasteiger partial charge in [0.2, 0.25) is 19.1 Å². The summed E-state index contributed by atoms with van der Waals surface area (Å²) in [6, 6.07) is -7.18. The Morgan fingerprint density at radius 3 is 2.57 bits per heavy atom. The number of aliphatic imine (C=N–C) groups is 1. The molecule has 290 valence electrons. The molecule has 3 aliphatic heterocycles. The zero-order valence-corrected chi connectivity index (χ0v) is 28.8. The summed E-state index contributed by atoms with van der Waals surface area (Å²) in [5.41, 5.74) is 5.66. The van der Waals surface area contributed by atoms with Crippen molar-refractivity contribution in [3.8, 4) is 0 Å². The normalized spacial score (nSPS) is 22.8. The van der Waals surface area contributed by atoms with Crippen molar-refractivity contribution in [1.82, 2.24) is 35.4 Å². The van der Waals surface area contributed by atoms with Crippen molar-refractivity contribution >= 4 is 92.7 Å². The standard InChI is InChI=1S/C25H27N11O16S2/c1-10(29-9-37)52-25(47)50-6-13-18(31-20(43)17(33-51-7-16(40)41)12-8-53-22(26)30-12)21(44)36(13,32-19(42)11-4-14(38)15(39)5-28-11)24(46)34-54(48,49)35-3-2-27-23(35)45/h4-5,8-10,13,15,18,39H,2-3,6-7H2,1H3,(H7-,26,27,29,30,31,32,34,37,40,41,42,43,45,46)/p+1/b33-17-/t10?,13?,15?,18-,36-/m0/s1. The highest BCUT2D eigenvalue weighted by Crippen LogP contribution is 2.31. The van der Waals surface area contributed by atoms with E-state index in [1.54, 1.807) is 0 Å². The Morgan fingerprint density at radius 1 is 1.26 bits per heavy atom. The molecule has 0 aliphatic carbocycles. The summed E-state index contributed by atoms with van der Waals surface area (Å²) in [6.07, 6.45) is -3.31. The number of quaternary nitrogens is 1. The van der Waals surface area contributed by atoms with Crippen molar-refractivity contribution in [3.63, 3.8) is 0 Å². The van der Waals surface area contributed by atoms with Gasteiger partial charge in [-0.05, 0) is 6.92 Å². The van der Waals surface area contributed by atoms with Crippen LogP contribution in [0.15, 0.2) is 27.3 Å². The van der Waals surface area contributed by atoms with E-state index in [-0.39, 0.29) is 28.1 Å². The molecule has 0 spiro atoms. The number of oxime groups is 1. The molecule has 4 heterocycles. The number of likely N-dealkylation sites (tertiary alicyclic amines) is 1. The Hall–Kier alpha value is -6.59. The van der Waals surface area contributed by atoms with E-state index in [0.717, 1.165) is 11.3 Å². The first-order valence-electron chi connectivity index (χ1n) is 14.7. The molecular weight excluding hydrogens is 774 g/mol. The van der Waals surface area contributed by atoms with E-state index in [1.807, 2.05) is 5.43 Å². The van der Waals surface area contributed by atoms with Crippen LogP contribution in [0, 0.1) is 0 Å². The molecule has 54 heavy (non-hydrogen) atoms. The van der Waals surface area contributed by atoms with Crippen LogP contribution >= 0.6 is 11.3 Å². The van der Waals surface area contributed by atoms with E-state index in [2.05, 4.69) is 35.9 Å². The highest BCUT2D eigenvalue weighted by Gasteiger charge is 2.72. The second-order valence-corrected chi connectivity index (χ2v) is 13.2. The summed E-state index contributed by atoms with van der Waals surface area (Å²) >= 11 is 0.809. The van der Waals surface area contributed by atoms with Crippen LogP contribution in [0.4, 0.5) is 19.5 Å². The van der Waals surface area contributed by atoms with E-state index in [9.17, 15) is 56.7 Å². The number of imide groups is 1. The second-order valence-electron chi connectivity index (χ2n) is 10.7. The quantitative estimate of drug-likeness (QED) is 0.0166. The highest BCUT2D eigenvalue weighted by atomic mass is 32.2. The molecule has 3 unspecified atom stereocenters. The largest absolute Gasteiger partial charge is 0.510 e. The van der Waals surface area contributed by atoms with Crippen molar-refractivity contribution < 1.29 is 80.7 Å². The minimum Gasteiger partial charge on any atom is -0.479 e. The molecule has 3 aliphatic rings. The van der Waals surface area contributed by atoms with Gasteiger partial charge in [-0.25, -0.2) is 33.3 Å². The lowest BCUT2D eigenvalue weighted by Gasteiger charge is -2.48. The molecule has 8 amide bonds. The van der Waals surface area contributed by atoms with Gasteiger partial charge in [-0.2, -0.15) is 18.6 Å². The molecule has 2 saturated heterocycles. The third-order valence-corrected chi connectivity index (χ3v) is 9.17. The molecule has 1 aromatic heterocycles. The first-order chi connectivity index (χ1) is 25.4. The highest BCUT2D eigenvalue weighted by molar-refractivity contribution is 7.88. The molecule has 1 aromatic rings. The predicted molar refractivity (Wildman–Crippen MR) is 172 cm³/mol. The van der Waals surface area contributed by atoms with E-state index in [0.29, 0.717) is 12.3 Å². The Morgan fingerprint density at radius 2 is 1.98 bits per heavy atom. The molecule has 4 rings (SSSR count). The second kappa shape index (κ2) is 16.4. The summed E-state index contributed by atoms with van der Waals surface area (Å²) in [5.74, 6) is -7.00. The molecule has 29 heteroatoms. The van der Waals surface area contributed by atoms with Crippen LogP contribution in [-0.2, 0) is 53.3 Å². The number of thiazole rings is 1. The molecule has 5 atom stereocenters. The van der Waals surface area contributed by atoms with Gasteiger partial charge in [0.15, 0.2) is 41.6 Å². The number of anilines is 1. The predicted octanol–water partition coefficient (Wildman–Crippen LogP) is -5.10. The van der Waals surface area contributed by atoms with Crippen molar-refractivity contribution in [2.45, 2.75) is 31.3 Å². The Balaban J connectivity index is 1.76. The van der Waals surface area contributed by atoms with Crippen LogP contribution in [0.3, 0.4) is 0 Å². The molecule has 9 N–H and O–H groups in total. The molecule has 27 nitrogen and oxygen atoms in total. The van der Waals surface area contributed by atoms with Gasteiger partial charge < -0.3 is 46.2 Å². The average molecular weight is 803 g/mol. The first-order valence-corrected chi connectivity index (χ1v) is 17.1. The maximum atomic E-state index is 14.1. The van der Waals surface area contributed by atoms with E-state index in [1.165, 1.54) is 17.0 Å². The number of nitrogens with one attached hydrogen (secondary N) is 5. The molecule has 0 aromatic carbocycles. The number of ketones is 1. The number of aliphatic hydroxyl groups is 1. The van der Waals surface area contributed by atoms with Crippen LogP contribution in [0.5, 0.6) is 0 Å². The van der Waals surface area contributed by atoms with Crippen LogP contribution in [0.25, 0.3) is 0 Å². The van der Waals surface area contributed by atoms with Crippen LogP contribution in [0.1, 0.15) is 12.6 Å². The third-order valence-electron chi connectivity index (χ3n) is 7.13. The van der Waals surface area contributed by atoms with Gasteiger partial charge in [0.1, 0.15) is 11.4 Å². The fourth-order valence-electron chi connectivity index (χ4n) is 4.66. The average Bonchev–Trinajstić information content (AvgIpc) is 3.74. The van der Waals surface area contributed by atoms with Crippen LogP contribution in [0.2, 0.25) is 0 Å².